The van der Waals surface area contributed by atoms with Crippen LogP contribution in [0.15, 0.2) is 289 Å². The first-order valence-electron chi connectivity index (χ1n) is 36.5. The smallest absolute Gasteiger partial charge is 0.354 e. The van der Waals surface area contributed by atoms with Gasteiger partial charge in [-0.25, -0.2) is 57.3 Å². The molecule has 21 nitrogen and oxygen atoms in total. The first-order valence-corrected chi connectivity index (χ1v) is 38.1. The molecule has 7 heterocycles. The van der Waals surface area contributed by atoms with E-state index < -0.39 is 30.4 Å². The first-order chi connectivity index (χ1) is 55.8. The van der Waals surface area contributed by atoms with Gasteiger partial charge in [-0.3, -0.25) is 49.5 Å². The van der Waals surface area contributed by atoms with Gasteiger partial charge in [0.25, 0.3) is 23.6 Å². The third-order valence-electron chi connectivity index (χ3n) is 16.8. The Morgan fingerprint density at radius 3 is 0.930 bits per heavy atom. The van der Waals surface area contributed by atoms with Crippen molar-refractivity contribution in [1.29, 1.82) is 0 Å². The highest BCUT2D eigenvalue weighted by atomic mass is 79.9. The molecule has 0 saturated carbocycles. The maximum absolute atomic E-state index is 13.3. The van der Waals surface area contributed by atoms with Gasteiger partial charge in [-0.2, -0.15) is 0 Å². The number of nitrogens with zero attached hydrogens (tertiary/aromatic N) is 9. The molecule has 4 amide bonds. The summed E-state index contributed by atoms with van der Waals surface area (Å²) in [7, 11) is 0. The lowest BCUT2D eigenvalue weighted by atomic mass is 10.1. The summed E-state index contributed by atoms with van der Waals surface area (Å²) in [6.45, 7) is 5.46. The lowest BCUT2D eigenvalue weighted by Crippen LogP contribution is -2.37. The molecule has 14 rings (SSSR count). The molecular weight excluding hydrogens is 1610 g/mol. The third kappa shape index (κ3) is 28.3. The van der Waals surface area contributed by atoms with Gasteiger partial charge >= 0.3 is 5.97 Å². The van der Waals surface area contributed by atoms with E-state index in [9.17, 15) is 51.9 Å². The van der Waals surface area contributed by atoms with E-state index in [-0.39, 0.29) is 89.7 Å². The van der Waals surface area contributed by atoms with Crippen molar-refractivity contribution in [1.82, 2.24) is 45.2 Å². The number of benzene rings is 7. The third-order valence-corrected chi connectivity index (χ3v) is 17.8. The Hall–Kier alpha value is -11.9. The lowest BCUT2D eigenvalue weighted by molar-refractivity contribution is -0.270. The second-order valence-electron chi connectivity index (χ2n) is 25.1. The minimum Gasteiger partial charge on any atom is -0.477 e. The van der Waals surface area contributed by atoms with Gasteiger partial charge in [0.15, 0.2) is 12.6 Å². The van der Waals surface area contributed by atoms with Crippen LogP contribution in [0.25, 0.3) is 33.4 Å². The average Bonchev–Trinajstić information content (AvgIpc) is 0.790. The normalized spacial score (nSPS) is 13.2. The van der Waals surface area contributed by atoms with Gasteiger partial charge in [-0.1, -0.05) is 185 Å². The topological polar surface area (TPSA) is 260 Å². The molecule has 592 valence electrons. The van der Waals surface area contributed by atoms with E-state index in [2.05, 4.69) is 56.8 Å². The van der Waals surface area contributed by atoms with Crippen molar-refractivity contribution in [3.05, 3.63) is 363 Å². The van der Waals surface area contributed by atoms with Crippen LogP contribution in [0.1, 0.15) is 127 Å². The molecule has 2 fully saturated rings. The molecule has 0 aliphatic carbocycles. The molecule has 2 atom stereocenters. The fourth-order valence-electron chi connectivity index (χ4n) is 11.0. The number of aromatic nitrogens is 5. The Labute approximate surface area is 679 Å². The van der Waals surface area contributed by atoms with E-state index in [0.717, 1.165) is 85.6 Å². The number of hydroxylamine groups is 8. The van der Waals surface area contributed by atoms with Crippen molar-refractivity contribution in [3.8, 4) is 33.4 Å². The second kappa shape index (κ2) is 45.7. The number of carbonyl (C=O) groups is 5. The minimum absolute atomic E-state index is 0.0453. The van der Waals surface area contributed by atoms with Crippen LogP contribution in [-0.4, -0.2) is 116 Å². The molecule has 0 bridgehead atoms. The fourth-order valence-corrected chi connectivity index (χ4v) is 11.7. The highest BCUT2D eigenvalue weighted by molar-refractivity contribution is 9.10. The molecule has 115 heavy (non-hydrogen) atoms. The number of aromatic carboxylic acids is 1. The summed E-state index contributed by atoms with van der Waals surface area (Å²) in [5.41, 5.74) is 9.07. The Bertz CT molecular complexity index is 4910. The van der Waals surface area contributed by atoms with Crippen molar-refractivity contribution in [3.63, 3.8) is 0 Å². The van der Waals surface area contributed by atoms with E-state index >= 15 is 0 Å². The molecule has 2 saturated heterocycles. The zero-order chi connectivity index (χ0) is 81.9. The van der Waals surface area contributed by atoms with Crippen molar-refractivity contribution in [2.24, 2.45) is 0 Å². The van der Waals surface area contributed by atoms with Crippen LogP contribution in [0.2, 0.25) is 0 Å². The van der Waals surface area contributed by atoms with Gasteiger partial charge in [-0.15, -0.1) is 0 Å². The quantitative estimate of drug-likeness (QED) is 0.0364. The van der Waals surface area contributed by atoms with E-state index in [4.69, 9.17) is 24.3 Å². The zero-order valence-electron chi connectivity index (χ0n) is 62.5. The van der Waals surface area contributed by atoms with Gasteiger partial charge in [-0.05, 0) is 191 Å². The minimum atomic E-state index is -1.01. The molecule has 0 spiro atoms. The fraction of sp³-hybridized carbons (Fsp3) is 0.182. The number of amides is 4. The number of rotatable bonds is 20. The summed E-state index contributed by atoms with van der Waals surface area (Å²) in [6.07, 6.45) is 12.1. The summed E-state index contributed by atoms with van der Waals surface area (Å²) in [6, 6.07) is 69.0. The first kappa shape index (κ1) is 87.1. The largest absolute Gasteiger partial charge is 0.477 e. The van der Waals surface area contributed by atoms with Crippen LogP contribution in [0.5, 0.6) is 0 Å². The maximum Gasteiger partial charge on any atom is 0.354 e. The SMILES string of the molecule is CC.O=C(O)c1cc(Br)ccn1.O=C(c1cc(-c2ccccc2)ccn1)N(Cc1ccc(F)cc1)OC1CCCCO1.O=C(c1cc(-c2ccccc2)ccn1)N(O)Cc1ccc(F)cc1.O=C(c1cc(-c2ccccc2)ccn1)N(O)Cc1ccc(F)cc1.O=C(c1cc(Br)ccn1)N(Cc1ccc(F)cc1)OC1CCCCO1. The Kier molecular flexibility index (Phi) is 34.6. The maximum atomic E-state index is 13.3. The number of carboxylic acids is 1. The van der Waals surface area contributed by atoms with E-state index in [0.29, 0.717) is 40.9 Å². The number of hydrogen-bond donors (Lipinski definition) is 3. The molecule has 3 N–H and O–H groups in total. The number of carboxylic acid groups (broad SMARTS) is 1. The second-order valence-corrected chi connectivity index (χ2v) is 27.0. The monoisotopic (exact) mass is 1690 g/mol. The van der Waals surface area contributed by atoms with Crippen LogP contribution in [0, 0.1) is 23.3 Å². The summed E-state index contributed by atoms with van der Waals surface area (Å²) < 4.78 is 64.9. The molecular formula is C88H81Br2F4N9O12. The molecule has 27 heteroatoms. The predicted molar refractivity (Wildman–Crippen MR) is 429 cm³/mol. The number of carbonyl (C=O) groups excluding carboxylic acids is 4. The van der Waals surface area contributed by atoms with E-state index in [1.165, 1.54) is 108 Å². The molecule has 2 aliphatic heterocycles. The van der Waals surface area contributed by atoms with Crippen molar-refractivity contribution >= 4 is 61.5 Å². The number of hydrogen-bond acceptors (Lipinski definition) is 16. The highest BCUT2D eigenvalue weighted by Gasteiger charge is 2.28. The van der Waals surface area contributed by atoms with E-state index in [1.807, 2.05) is 111 Å². The summed E-state index contributed by atoms with van der Waals surface area (Å²) >= 11 is 6.46. The van der Waals surface area contributed by atoms with Gasteiger partial charge in [0.05, 0.1) is 26.2 Å². The van der Waals surface area contributed by atoms with E-state index in [1.54, 1.807) is 85.2 Å². The Morgan fingerprint density at radius 2 is 0.643 bits per heavy atom. The van der Waals surface area contributed by atoms with Crippen molar-refractivity contribution in [2.75, 3.05) is 13.2 Å². The molecule has 0 radical (unpaired) electrons. The van der Waals surface area contributed by atoms with Gasteiger partial charge < -0.3 is 14.6 Å². The van der Waals surface area contributed by atoms with Gasteiger partial charge in [0.1, 0.15) is 51.7 Å². The highest BCUT2D eigenvalue weighted by Crippen LogP contribution is 2.27. The molecule has 2 aliphatic rings. The Morgan fingerprint density at radius 1 is 0.365 bits per heavy atom. The van der Waals surface area contributed by atoms with Crippen LogP contribution in [0.4, 0.5) is 17.6 Å². The number of ether oxygens (including phenoxy) is 2. The van der Waals surface area contributed by atoms with Crippen LogP contribution < -0.4 is 0 Å². The van der Waals surface area contributed by atoms with Gasteiger partial charge in [0, 0.05) is 66.0 Å². The summed E-state index contributed by atoms with van der Waals surface area (Å²) in [4.78, 5) is 92.8. The average molecular weight is 1690 g/mol. The molecule has 7 aromatic carbocycles. The van der Waals surface area contributed by atoms with Gasteiger partial charge in [0.2, 0.25) is 0 Å². The number of pyridine rings is 5. The van der Waals surface area contributed by atoms with Crippen molar-refractivity contribution < 1.29 is 76.2 Å². The van der Waals surface area contributed by atoms with Crippen molar-refractivity contribution in [2.45, 2.75) is 91.1 Å². The van der Waals surface area contributed by atoms with Crippen LogP contribution in [0.3, 0.4) is 0 Å². The lowest BCUT2D eigenvalue weighted by Gasteiger charge is -2.29. The number of halogens is 6. The molecule has 5 aromatic heterocycles. The summed E-state index contributed by atoms with van der Waals surface area (Å²) in [5.74, 6) is -4.38. The molecule has 2 unspecified atom stereocenters. The predicted octanol–water partition coefficient (Wildman–Crippen LogP) is 19.5. The zero-order valence-corrected chi connectivity index (χ0v) is 65.7. The van der Waals surface area contributed by atoms with Crippen LogP contribution in [-0.2, 0) is 45.3 Å². The standard InChI is InChI=1S/C24H23FN2O3.2C19H15FN2O2.C18H18BrFN2O3.C6H4BrNO2.C2H6/c25-21-11-9-18(10-12-21)17-27(30-23-8-4-5-15-29-23)24(28)22-16-20(13-14-26-22)19-6-2-1-3-7-19;2*20-17-8-6-14(7-9-17)13-22(24)19(23)18-12-16(10-11-21-18)15-4-2-1-3-5-15;19-14-8-9-21-16(11-14)18(23)22(25-17-3-1-2-10-24-17)12-13-4-6-15(20)7-5-13;7-4-1-2-8-5(3-4)6(9)10;1-2/h1-3,6-7,9-14,16,23H,4-5,8,15,17H2;2*1-12,24H,13H2;4-9,11,17H,1-3,10,12H2;1-3H,(H,9,10);1-2H3. The summed E-state index contributed by atoms with van der Waals surface area (Å²) in [5, 5.41) is 32.1. The Balaban J connectivity index is 0.000000168. The molecule has 12 aromatic rings. The van der Waals surface area contributed by atoms with Crippen LogP contribution >= 0.6 is 31.9 Å².